The van der Waals surface area contributed by atoms with E-state index in [-0.39, 0.29) is 5.97 Å². The second-order valence-electron chi connectivity index (χ2n) is 7.73. The summed E-state index contributed by atoms with van der Waals surface area (Å²) in [6, 6.07) is 18.5. The SMILES string of the molecule is CCOC(=O)c1c2n(c3c1cc(OC(=O)c1ccccc1)c1ccccc13)CC=CCC2. The van der Waals surface area contributed by atoms with Crippen molar-refractivity contribution in [1.82, 2.24) is 4.57 Å². The van der Waals surface area contributed by atoms with Crippen molar-refractivity contribution >= 4 is 33.6 Å². The molecule has 5 heteroatoms. The Kier molecular flexibility index (Phi) is 5.23. The van der Waals surface area contributed by atoms with Crippen LogP contribution in [-0.2, 0) is 17.7 Å². The van der Waals surface area contributed by atoms with Crippen molar-refractivity contribution < 1.29 is 19.1 Å². The number of carbonyl (C=O) groups is 2. The Bertz CT molecular complexity index is 1370. The first-order chi connectivity index (χ1) is 15.7. The number of carbonyl (C=O) groups excluding carboxylic acids is 2. The highest BCUT2D eigenvalue weighted by atomic mass is 16.5. The van der Waals surface area contributed by atoms with E-state index in [2.05, 4.69) is 16.7 Å². The molecule has 0 fully saturated rings. The fourth-order valence-corrected chi connectivity index (χ4v) is 4.46. The molecule has 32 heavy (non-hydrogen) atoms. The lowest BCUT2D eigenvalue weighted by molar-refractivity contribution is 0.0527. The predicted molar refractivity (Wildman–Crippen MR) is 124 cm³/mol. The number of hydrogen-bond donors (Lipinski definition) is 0. The lowest BCUT2D eigenvalue weighted by Gasteiger charge is -2.12. The fourth-order valence-electron chi connectivity index (χ4n) is 4.46. The maximum atomic E-state index is 13.0. The van der Waals surface area contributed by atoms with Crippen LogP contribution >= 0.6 is 0 Å². The number of fused-ring (bicyclic) bond motifs is 5. The van der Waals surface area contributed by atoms with E-state index >= 15 is 0 Å². The van der Waals surface area contributed by atoms with Crippen LogP contribution in [0.25, 0.3) is 21.7 Å². The Labute approximate surface area is 185 Å². The molecule has 1 aliphatic rings. The number of esters is 2. The summed E-state index contributed by atoms with van der Waals surface area (Å²) in [5, 5.41) is 2.52. The molecule has 5 nitrogen and oxygen atoms in total. The van der Waals surface area contributed by atoms with Crippen LogP contribution in [0.1, 0.15) is 39.8 Å². The van der Waals surface area contributed by atoms with Gasteiger partial charge in [0.1, 0.15) is 5.75 Å². The van der Waals surface area contributed by atoms with Crippen molar-refractivity contribution in [2.45, 2.75) is 26.3 Å². The number of rotatable bonds is 4. The van der Waals surface area contributed by atoms with Gasteiger partial charge in [-0.05, 0) is 38.0 Å². The van der Waals surface area contributed by atoms with Crippen molar-refractivity contribution in [3.05, 3.63) is 89.6 Å². The van der Waals surface area contributed by atoms with Crippen LogP contribution in [0.15, 0.2) is 72.8 Å². The van der Waals surface area contributed by atoms with Gasteiger partial charge in [0.15, 0.2) is 0 Å². The van der Waals surface area contributed by atoms with Gasteiger partial charge in [-0.25, -0.2) is 9.59 Å². The summed E-state index contributed by atoms with van der Waals surface area (Å²) in [6.45, 7) is 2.78. The third-order valence-corrected chi connectivity index (χ3v) is 5.83. The van der Waals surface area contributed by atoms with Crippen LogP contribution in [0.2, 0.25) is 0 Å². The lowest BCUT2D eigenvalue weighted by Crippen LogP contribution is -2.09. The van der Waals surface area contributed by atoms with Gasteiger partial charge in [-0.1, -0.05) is 54.6 Å². The minimum absolute atomic E-state index is 0.298. The zero-order valence-electron chi connectivity index (χ0n) is 17.8. The topological polar surface area (TPSA) is 57.5 Å². The summed E-state index contributed by atoms with van der Waals surface area (Å²) in [7, 11) is 0. The van der Waals surface area contributed by atoms with Crippen LogP contribution in [-0.4, -0.2) is 23.1 Å². The number of nitrogens with zero attached hydrogens (tertiary/aromatic N) is 1. The zero-order chi connectivity index (χ0) is 22.1. The quantitative estimate of drug-likeness (QED) is 0.239. The summed E-state index contributed by atoms with van der Waals surface area (Å²) in [6.07, 6.45) is 5.87. The summed E-state index contributed by atoms with van der Waals surface area (Å²) >= 11 is 0. The molecule has 160 valence electrons. The van der Waals surface area contributed by atoms with E-state index in [1.165, 1.54) is 0 Å². The van der Waals surface area contributed by atoms with Crippen LogP contribution in [0.4, 0.5) is 0 Å². The number of ether oxygens (including phenoxy) is 2. The first-order valence-electron chi connectivity index (χ1n) is 10.8. The summed E-state index contributed by atoms with van der Waals surface area (Å²) in [4.78, 5) is 25.9. The molecule has 0 unspecified atom stereocenters. The lowest BCUT2D eigenvalue weighted by atomic mass is 10.0. The van der Waals surface area contributed by atoms with Gasteiger partial charge in [-0.15, -0.1) is 0 Å². The highest BCUT2D eigenvalue weighted by molar-refractivity contribution is 6.17. The molecular formula is C27H23NO4. The van der Waals surface area contributed by atoms with Gasteiger partial charge in [0.05, 0.1) is 23.3 Å². The molecule has 0 amide bonds. The molecule has 0 spiro atoms. The highest BCUT2D eigenvalue weighted by Gasteiger charge is 2.26. The second-order valence-corrected chi connectivity index (χ2v) is 7.73. The summed E-state index contributed by atoms with van der Waals surface area (Å²) in [5.74, 6) is -0.343. The minimum atomic E-state index is -0.434. The van der Waals surface area contributed by atoms with Gasteiger partial charge >= 0.3 is 11.9 Å². The molecule has 4 aromatic rings. The molecule has 0 N–H and O–H groups in total. The van der Waals surface area contributed by atoms with E-state index in [1.807, 2.05) is 36.4 Å². The number of allylic oxidation sites excluding steroid dienone is 2. The smallest absolute Gasteiger partial charge is 0.343 e. The van der Waals surface area contributed by atoms with Crippen LogP contribution in [0.3, 0.4) is 0 Å². The average molecular weight is 425 g/mol. The highest BCUT2D eigenvalue weighted by Crippen LogP contribution is 2.39. The summed E-state index contributed by atoms with van der Waals surface area (Å²) in [5.41, 5.74) is 2.96. The van der Waals surface area contributed by atoms with E-state index in [9.17, 15) is 9.59 Å². The number of hydrogen-bond acceptors (Lipinski definition) is 4. The molecule has 3 aromatic carbocycles. The van der Waals surface area contributed by atoms with Gasteiger partial charge < -0.3 is 14.0 Å². The predicted octanol–water partition coefficient (Wildman–Crippen LogP) is 5.69. The molecule has 5 rings (SSSR count). The maximum Gasteiger partial charge on any atom is 0.343 e. The monoisotopic (exact) mass is 425 g/mol. The molecular weight excluding hydrogens is 402 g/mol. The molecule has 1 aromatic heterocycles. The molecule has 2 heterocycles. The maximum absolute atomic E-state index is 13.0. The van der Waals surface area contributed by atoms with E-state index in [4.69, 9.17) is 9.47 Å². The molecule has 0 aliphatic carbocycles. The fraction of sp³-hybridized carbons (Fsp3) is 0.185. The van der Waals surface area contributed by atoms with E-state index in [0.717, 1.165) is 40.2 Å². The Morgan fingerprint density at radius 2 is 1.66 bits per heavy atom. The van der Waals surface area contributed by atoms with Gasteiger partial charge in [-0.3, -0.25) is 0 Å². The molecule has 1 aliphatic heterocycles. The van der Waals surface area contributed by atoms with Crippen molar-refractivity contribution in [2.75, 3.05) is 6.61 Å². The zero-order valence-corrected chi connectivity index (χ0v) is 17.8. The van der Waals surface area contributed by atoms with Crippen LogP contribution in [0, 0.1) is 0 Å². The Morgan fingerprint density at radius 3 is 2.44 bits per heavy atom. The second kappa shape index (κ2) is 8.35. The van der Waals surface area contributed by atoms with E-state index in [1.54, 1.807) is 31.2 Å². The van der Waals surface area contributed by atoms with Crippen molar-refractivity contribution in [1.29, 1.82) is 0 Å². The van der Waals surface area contributed by atoms with Gasteiger partial charge in [0, 0.05) is 28.4 Å². The Morgan fingerprint density at radius 1 is 0.906 bits per heavy atom. The van der Waals surface area contributed by atoms with Crippen molar-refractivity contribution in [3.8, 4) is 5.75 Å². The van der Waals surface area contributed by atoms with Crippen LogP contribution in [0.5, 0.6) is 5.75 Å². The normalized spacial score (nSPS) is 13.0. The first kappa shape index (κ1) is 20.1. The average Bonchev–Trinajstić information content (AvgIpc) is 2.94. The molecule has 0 saturated heterocycles. The van der Waals surface area contributed by atoms with Crippen LogP contribution < -0.4 is 4.74 Å². The largest absolute Gasteiger partial charge is 0.462 e. The van der Waals surface area contributed by atoms with Crippen molar-refractivity contribution in [3.63, 3.8) is 0 Å². The van der Waals surface area contributed by atoms with E-state index < -0.39 is 5.97 Å². The third kappa shape index (κ3) is 3.36. The van der Waals surface area contributed by atoms with Gasteiger partial charge in [0.25, 0.3) is 0 Å². The number of benzene rings is 3. The van der Waals surface area contributed by atoms with E-state index in [0.29, 0.717) is 30.0 Å². The third-order valence-electron chi connectivity index (χ3n) is 5.83. The van der Waals surface area contributed by atoms with Gasteiger partial charge in [-0.2, -0.15) is 0 Å². The van der Waals surface area contributed by atoms with Gasteiger partial charge in [0.2, 0.25) is 0 Å². The molecule has 0 radical (unpaired) electrons. The summed E-state index contributed by atoms with van der Waals surface area (Å²) < 4.78 is 13.5. The standard InChI is InChI=1S/C27H23NO4/c1-2-31-27(30)24-21-17-23(32-26(29)18-11-5-3-6-12-18)19-13-8-9-14-20(19)25(21)28-16-10-4-7-15-22(24)28/h3-6,8-14,17H,2,7,15-16H2,1H3. The van der Waals surface area contributed by atoms with Crippen molar-refractivity contribution in [2.24, 2.45) is 0 Å². The molecule has 0 atom stereocenters. The first-order valence-corrected chi connectivity index (χ1v) is 10.8. The minimum Gasteiger partial charge on any atom is -0.462 e. The molecule has 0 saturated carbocycles. The Hall–Kier alpha value is -3.86. The molecule has 0 bridgehead atoms. The Balaban J connectivity index is 1.77. The number of aromatic nitrogens is 1.